The van der Waals surface area contributed by atoms with Gasteiger partial charge >= 0.3 is 0 Å². The average Bonchev–Trinajstić information content (AvgIpc) is 2.84. The van der Waals surface area contributed by atoms with Gasteiger partial charge in [-0.2, -0.15) is 0 Å². The Bertz CT molecular complexity index is 582. The molecule has 2 unspecified atom stereocenters. The van der Waals surface area contributed by atoms with Crippen LogP contribution in [0.5, 0.6) is 0 Å². The van der Waals surface area contributed by atoms with Gasteiger partial charge < -0.3 is 10.5 Å². The molecule has 1 saturated heterocycles. The number of rotatable bonds is 2. The number of hydrogen-bond acceptors (Lipinski definition) is 4. The number of fused-ring (bicyclic) bond motifs is 1. The average molecular weight is 281 g/mol. The highest BCUT2D eigenvalue weighted by atomic mass is 32.2. The van der Waals surface area contributed by atoms with Crippen LogP contribution >= 0.6 is 0 Å². The molecule has 1 aromatic rings. The van der Waals surface area contributed by atoms with E-state index in [1.165, 1.54) is 5.56 Å². The fraction of sp³-hybridized carbons (Fsp3) is 0.571. The minimum Gasteiger partial charge on any atom is -0.372 e. The van der Waals surface area contributed by atoms with E-state index < -0.39 is 21.1 Å². The first kappa shape index (κ1) is 13.1. The fourth-order valence-corrected chi connectivity index (χ4v) is 5.04. The molecule has 3 rings (SSSR count). The zero-order valence-electron chi connectivity index (χ0n) is 10.8. The monoisotopic (exact) mass is 281 g/mol. The molecule has 2 atom stereocenters. The molecule has 1 aromatic carbocycles. The summed E-state index contributed by atoms with van der Waals surface area (Å²) in [7, 11) is -3.04. The summed E-state index contributed by atoms with van der Waals surface area (Å²) in [6.45, 7) is 1.25. The Morgan fingerprint density at radius 2 is 2.00 bits per heavy atom. The number of benzene rings is 1. The van der Waals surface area contributed by atoms with Gasteiger partial charge in [0.25, 0.3) is 0 Å². The van der Waals surface area contributed by atoms with E-state index in [0.717, 1.165) is 24.0 Å². The Hall–Kier alpha value is -0.910. The molecule has 0 amide bonds. The SMILES string of the molecule is NC(c1ccc2c(c1)COC2)C1CCCCS1(=O)=O. The van der Waals surface area contributed by atoms with Gasteiger partial charge in [0.05, 0.1) is 24.2 Å². The van der Waals surface area contributed by atoms with Gasteiger partial charge in [-0.15, -0.1) is 0 Å². The lowest BCUT2D eigenvalue weighted by atomic mass is 9.97. The quantitative estimate of drug-likeness (QED) is 0.895. The van der Waals surface area contributed by atoms with Gasteiger partial charge in [0, 0.05) is 6.04 Å². The van der Waals surface area contributed by atoms with Crippen LogP contribution in [0, 0.1) is 0 Å². The Morgan fingerprint density at radius 1 is 1.21 bits per heavy atom. The minimum absolute atomic E-state index is 0.277. The smallest absolute Gasteiger partial charge is 0.155 e. The second-order valence-corrected chi connectivity index (χ2v) is 7.79. The molecule has 104 valence electrons. The molecule has 2 N–H and O–H groups in total. The predicted octanol–water partition coefficient (Wildman–Crippen LogP) is 1.68. The Kier molecular flexibility index (Phi) is 3.37. The van der Waals surface area contributed by atoms with Crippen LogP contribution in [0.4, 0.5) is 0 Å². The molecule has 0 aliphatic carbocycles. The van der Waals surface area contributed by atoms with Crippen LogP contribution in [-0.2, 0) is 27.8 Å². The van der Waals surface area contributed by atoms with Gasteiger partial charge in [0.15, 0.2) is 9.84 Å². The van der Waals surface area contributed by atoms with E-state index in [2.05, 4.69) is 0 Å². The highest BCUT2D eigenvalue weighted by Crippen LogP contribution is 2.31. The van der Waals surface area contributed by atoms with E-state index in [9.17, 15) is 8.42 Å². The van der Waals surface area contributed by atoms with Crippen molar-refractivity contribution in [1.82, 2.24) is 0 Å². The molecule has 0 bridgehead atoms. The summed E-state index contributed by atoms with van der Waals surface area (Å²) in [6, 6.07) is 5.54. The second kappa shape index (κ2) is 4.89. The molecule has 0 radical (unpaired) electrons. The molecule has 4 nitrogen and oxygen atoms in total. The maximum absolute atomic E-state index is 12.1. The lowest BCUT2D eigenvalue weighted by Gasteiger charge is -2.28. The third-order valence-corrected chi connectivity index (χ3v) is 6.47. The van der Waals surface area contributed by atoms with Crippen molar-refractivity contribution in [3.05, 3.63) is 34.9 Å². The topological polar surface area (TPSA) is 69.4 Å². The second-order valence-electron chi connectivity index (χ2n) is 5.45. The lowest BCUT2D eigenvalue weighted by molar-refractivity contribution is 0.134. The molecule has 2 heterocycles. The van der Waals surface area contributed by atoms with E-state index in [1.807, 2.05) is 18.2 Å². The van der Waals surface area contributed by atoms with E-state index >= 15 is 0 Å². The van der Waals surface area contributed by atoms with Crippen LogP contribution in [-0.4, -0.2) is 19.4 Å². The predicted molar refractivity (Wildman–Crippen MR) is 73.3 cm³/mol. The van der Waals surface area contributed by atoms with Crippen molar-refractivity contribution in [3.8, 4) is 0 Å². The molecule has 0 saturated carbocycles. The number of ether oxygens (including phenoxy) is 1. The van der Waals surface area contributed by atoms with Gasteiger partial charge in [-0.3, -0.25) is 0 Å². The first-order valence-corrected chi connectivity index (χ1v) is 8.46. The standard InChI is InChI=1S/C14H19NO3S/c15-14(13-3-1-2-6-19(13,16)17)10-4-5-11-8-18-9-12(11)7-10/h4-5,7,13-14H,1-3,6,8-9,15H2. The van der Waals surface area contributed by atoms with Gasteiger partial charge in [0.1, 0.15) is 0 Å². The van der Waals surface area contributed by atoms with E-state index in [1.54, 1.807) is 0 Å². The Morgan fingerprint density at radius 3 is 2.79 bits per heavy atom. The van der Waals surface area contributed by atoms with Gasteiger partial charge in [0.2, 0.25) is 0 Å². The van der Waals surface area contributed by atoms with Crippen LogP contribution in [0.15, 0.2) is 18.2 Å². The summed E-state index contributed by atoms with van der Waals surface area (Å²) in [4.78, 5) is 0. The molecule has 19 heavy (non-hydrogen) atoms. The zero-order valence-corrected chi connectivity index (χ0v) is 11.7. The summed E-state index contributed by atoms with van der Waals surface area (Å²) in [5.74, 6) is 0.277. The maximum Gasteiger partial charge on any atom is 0.155 e. The lowest BCUT2D eigenvalue weighted by Crippen LogP contribution is -2.37. The largest absolute Gasteiger partial charge is 0.372 e. The third kappa shape index (κ3) is 2.42. The molecule has 5 heteroatoms. The van der Waals surface area contributed by atoms with Gasteiger partial charge in [-0.05, 0) is 29.5 Å². The van der Waals surface area contributed by atoms with Crippen molar-refractivity contribution in [2.75, 3.05) is 5.75 Å². The number of nitrogens with two attached hydrogens (primary N) is 1. The Balaban J connectivity index is 1.89. The van der Waals surface area contributed by atoms with E-state index in [-0.39, 0.29) is 5.75 Å². The molecule has 2 aliphatic heterocycles. The zero-order chi connectivity index (χ0) is 13.5. The highest BCUT2D eigenvalue weighted by Gasteiger charge is 2.34. The first-order valence-electron chi connectivity index (χ1n) is 6.74. The van der Waals surface area contributed by atoms with Gasteiger partial charge in [-0.1, -0.05) is 24.6 Å². The molecule has 0 aromatic heterocycles. The van der Waals surface area contributed by atoms with Crippen molar-refractivity contribution < 1.29 is 13.2 Å². The molecular formula is C14H19NO3S. The van der Waals surface area contributed by atoms with Crippen LogP contribution in [0.2, 0.25) is 0 Å². The van der Waals surface area contributed by atoms with Crippen molar-refractivity contribution in [1.29, 1.82) is 0 Å². The maximum atomic E-state index is 12.1. The van der Waals surface area contributed by atoms with Crippen LogP contribution in [0.1, 0.15) is 42.0 Å². The van der Waals surface area contributed by atoms with Gasteiger partial charge in [-0.25, -0.2) is 8.42 Å². The third-order valence-electron chi connectivity index (χ3n) is 4.16. The van der Waals surface area contributed by atoms with E-state index in [4.69, 9.17) is 10.5 Å². The van der Waals surface area contributed by atoms with Crippen molar-refractivity contribution in [2.45, 2.75) is 43.8 Å². The van der Waals surface area contributed by atoms with E-state index in [0.29, 0.717) is 19.6 Å². The van der Waals surface area contributed by atoms with Crippen LogP contribution < -0.4 is 5.73 Å². The minimum atomic E-state index is -3.04. The van der Waals surface area contributed by atoms with Crippen molar-refractivity contribution in [3.63, 3.8) is 0 Å². The molecular weight excluding hydrogens is 262 g/mol. The molecule has 2 aliphatic rings. The number of hydrogen-bond donors (Lipinski definition) is 1. The summed E-state index contributed by atoms with van der Waals surface area (Å²) in [5, 5.41) is -0.429. The Labute approximate surface area is 113 Å². The number of sulfone groups is 1. The summed E-state index contributed by atoms with van der Waals surface area (Å²) in [5.41, 5.74) is 9.46. The van der Waals surface area contributed by atoms with Crippen LogP contribution in [0.3, 0.4) is 0 Å². The first-order chi connectivity index (χ1) is 9.08. The summed E-state index contributed by atoms with van der Waals surface area (Å²) in [6.07, 6.45) is 2.40. The summed E-state index contributed by atoms with van der Waals surface area (Å²) < 4.78 is 29.6. The van der Waals surface area contributed by atoms with Crippen LogP contribution in [0.25, 0.3) is 0 Å². The fourth-order valence-electron chi connectivity index (χ4n) is 3.00. The normalized spacial score (nSPS) is 26.9. The van der Waals surface area contributed by atoms with Crippen molar-refractivity contribution >= 4 is 9.84 Å². The van der Waals surface area contributed by atoms with Crippen molar-refractivity contribution in [2.24, 2.45) is 5.73 Å². The molecule has 0 spiro atoms. The molecule has 1 fully saturated rings. The highest BCUT2D eigenvalue weighted by molar-refractivity contribution is 7.92. The summed E-state index contributed by atoms with van der Waals surface area (Å²) >= 11 is 0.